The average Bonchev–Trinajstić information content (AvgIpc) is 2.90. The number of aldehydes is 1. The van der Waals surface area contributed by atoms with Crippen LogP contribution in [0.3, 0.4) is 0 Å². The summed E-state index contributed by atoms with van der Waals surface area (Å²) < 4.78 is 6.17. The smallest absolute Gasteiger partial charge is 0.145 e. The van der Waals surface area contributed by atoms with Crippen molar-refractivity contribution < 1.29 is 9.53 Å². The number of carbonyl (C=O) groups excluding carboxylic acids is 1. The molecule has 2 aliphatic carbocycles. The molecule has 1 saturated heterocycles. The molecule has 1 aliphatic heterocycles. The zero-order chi connectivity index (χ0) is 12.3. The van der Waals surface area contributed by atoms with Crippen molar-refractivity contribution >= 4 is 6.29 Å². The molecule has 0 aromatic carbocycles. The molecule has 0 bridgehead atoms. The summed E-state index contributed by atoms with van der Waals surface area (Å²) in [5.74, 6) is 1.82. The molecule has 1 saturated carbocycles. The molecule has 17 heavy (non-hydrogen) atoms. The van der Waals surface area contributed by atoms with Crippen LogP contribution >= 0.6 is 0 Å². The lowest BCUT2D eigenvalue weighted by Crippen LogP contribution is -2.44. The van der Waals surface area contributed by atoms with E-state index in [1.807, 2.05) is 0 Å². The van der Waals surface area contributed by atoms with Crippen LogP contribution < -0.4 is 0 Å². The molecular formula is C15H22O2. The van der Waals surface area contributed by atoms with E-state index in [-0.39, 0.29) is 11.2 Å². The topological polar surface area (TPSA) is 29.6 Å². The first-order valence-electron chi connectivity index (χ1n) is 6.88. The second kappa shape index (κ2) is 3.44. The van der Waals surface area contributed by atoms with Gasteiger partial charge in [-0.2, -0.15) is 0 Å². The van der Waals surface area contributed by atoms with Gasteiger partial charge in [0, 0.05) is 5.92 Å². The largest absolute Gasteiger partial charge is 0.362 e. The van der Waals surface area contributed by atoms with E-state index in [1.165, 1.54) is 12.8 Å². The van der Waals surface area contributed by atoms with Gasteiger partial charge in [0.15, 0.2) is 0 Å². The quantitative estimate of drug-likeness (QED) is 0.542. The Morgan fingerprint density at radius 2 is 2.24 bits per heavy atom. The summed E-state index contributed by atoms with van der Waals surface area (Å²) in [5.41, 5.74) is 1.17. The first kappa shape index (κ1) is 11.5. The van der Waals surface area contributed by atoms with Crippen molar-refractivity contribution in [3.05, 3.63) is 11.6 Å². The maximum atomic E-state index is 11.0. The van der Waals surface area contributed by atoms with Crippen molar-refractivity contribution in [2.75, 3.05) is 0 Å². The van der Waals surface area contributed by atoms with Gasteiger partial charge in [0.25, 0.3) is 0 Å². The molecule has 94 valence electrons. The van der Waals surface area contributed by atoms with Crippen molar-refractivity contribution in [2.24, 2.45) is 17.8 Å². The summed E-state index contributed by atoms with van der Waals surface area (Å²) in [4.78, 5) is 11.0. The van der Waals surface area contributed by atoms with E-state index in [4.69, 9.17) is 4.74 Å². The van der Waals surface area contributed by atoms with E-state index < -0.39 is 0 Å². The second-order valence-electron chi connectivity index (χ2n) is 6.55. The summed E-state index contributed by atoms with van der Waals surface area (Å²) >= 11 is 0. The van der Waals surface area contributed by atoms with Gasteiger partial charge in [0.2, 0.25) is 0 Å². The summed E-state index contributed by atoms with van der Waals surface area (Å²) in [6.07, 6.45) is 7.65. The zero-order valence-electron chi connectivity index (χ0n) is 11.0. The SMILES string of the molecule is CC(C)C1CCC2(C)OC23CCC(C=O)=CC13. The molecule has 0 aromatic heterocycles. The Balaban J connectivity index is 1.97. The molecule has 0 aromatic rings. The van der Waals surface area contributed by atoms with Crippen LogP contribution in [0.4, 0.5) is 0 Å². The minimum atomic E-state index is 0.0761. The summed E-state index contributed by atoms with van der Waals surface area (Å²) in [5, 5.41) is 0. The second-order valence-corrected chi connectivity index (χ2v) is 6.55. The third-order valence-corrected chi connectivity index (χ3v) is 5.40. The Kier molecular flexibility index (Phi) is 2.32. The molecule has 4 atom stereocenters. The van der Waals surface area contributed by atoms with E-state index in [1.54, 1.807) is 0 Å². The Morgan fingerprint density at radius 3 is 2.88 bits per heavy atom. The highest BCUT2D eigenvalue weighted by molar-refractivity contribution is 5.74. The molecule has 2 fully saturated rings. The van der Waals surface area contributed by atoms with Crippen molar-refractivity contribution in [2.45, 2.75) is 57.7 Å². The molecule has 4 unspecified atom stereocenters. The predicted octanol–water partition coefficient (Wildman–Crippen LogP) is 3.12. The minimum Gasteiger partial charge on any atom is -0.362 e. The average molecular weight is 234 g/mol. The van der Waals surface area contributed by atoms with Crippen LogP contribution in [-0.2, 0) is 9.53 Å². The van der Waals surface area contributed by atoms with Crippen LogP contribution in [0.15, 0.2) is 11.6 Å². The Labute approximate surface area is 103 Å². The molecule has 1 spiro atoms. The van der Waals surface area contributed by atoms with E-state index in [9.17, 15) is 4.79 Å². The lowest BCUT2D eigenvalue weighted by Gasteiger charge is -2.41. The van der Waals surface area contributed by atoms with Gasteiger partial charge in [-0.25, -0.2) is 0 Å². The van der Waals surface area contributed by atoms with Crippen molar-refractivity contribution in [1.29, 1.82) is 0 Å². The maximum Gasteiger partial charge on any atom is 0.145 e. The highest BCUT2D eigenvalue weighted by Crippen LogP contribution is 2.66. The van der Waals surface area contributed by atoms with Crippen LogP contribution in [0.25, 0.3) is 0 Å². The van der Waals surface area contributed by atoms with Gasteiger partial charge in [-0.3, -0.25) is 4.79 Å². The van der Waals surface area contributed by atoms with Crippen LogP contribution in [0.5, 0.6) is 0 Å². The standard InChI is InChI=1S/C15H22O2/c1-10(2)12-5-6-14(3)15(17-14)7-4-11(9-16)8-13(12)15/h8-10,12-13H,4-7H2,1-3H3. The minimum absolute atomic E-state index is 0.0761. The van der Waals surface area contributed by atoms with Crippen LogP contribution in [0, 0.1) is 17.8 Å². The van der Waals surface area contributed by atoms with Crippen LogP contribution in [-0.4, -0.2) is 17.5 Å². The Bertz CT molecular complexity index is 384. The van der Waals surface area contributed by atoms with Gasteiger partial charge >= 0.3 is 0 Å². The van der Waals surface area contributed by atoms with Crippen LogP contribution in [0.1, 0.15) is 46.5 Å². The number of epoxide rings is 1. The molecular weight excluding hydrogens is 212 g/mol. The monoisotopic (exact) mass is 234 g/mol. The molecule has 3 aliphatic rings. The fourth-order valence-corrected chi connectivity index (χ4v) is 4.26. The van der Waals surface area contributed by atoms with Crippen molar-refractivity contribution in [1.82, 2.24) is 0 Å². The summed E-state index contributed by atoms with van der Waals surface area (Å²) in [6, 6.07) is 0. The summed E-state index contributed by atoms with van der Waals surface area (Å²) in [7, 11) is 0. The first-order valence-corrected chi connectivity index (χ1v) is 6.88. The molecule has 3 rings (SSSR count). The molecule has 1 heterocycles. The zero-order valence-corrected chi connectivity index (χ0v) is 11.0. The van der Waals surface area contributed by atoms with Gasteiger partial charge in [0.05, 0.1) is 5.60 Å². The van der Waals surface area contributed by atoms with Crippen molar-refractivity contribution in [3.63, 3.8) is 0 Å². The normalized spacial score (nSPS) is 48.1. The maximum absolute atomic E-state index is 11.0. The molecule has 0 N–H and O–H groups in total. The highest BCUT2D eigenvalue weighted by Gasteiger charge is 2.72. The fraction of sp³-hybridized carbons (Fsp3) is 0.800. The molecule has 0 radical (unpaired) electrons. The number of allylic oxidation sites excluding steroid dienone is 1. The fourth-order valence-electron chi connectivity index (χ4n) is 4.26. The van der Waals surface area contributed by atoms with Gasteiger partial charge < -0.3 is 4.74 Å². The highest BCUT2D eigenvalue weighted by atomic mass is 16.6. The molecule has 2 nitrogen and oxygen atoms in total. The van der Waals surface area contributed by atoms with E-state index in [0.29, 0.717) is 17.8 Å². The molecule has 2 heteroatoms. The van der Waals surface area contributed by atoms with Gasteiger partial charge in [-0.1, -0.05) is 19.9 Å². The molecule has 0 amide bonds. The third-order valence-electron chi connectivity index (χ3n) is 5.40. The summed E-state index contributed by atoms with van der Waals surface area (Å²) in [6.45, 7) is 6.86. The van der Waals surface area contributed by atoms with Crippen LogP contribution in [0.2, 0.25) is 0 Å². The Hall–Kier alpha value is -0.630. The number of carbonyl (C=O) groups is 1. The number of ether oxygens (including phenoxy) is 1. The number of rotatable bonds is 2. The Morgan fingerprint density at radius 1 is 1.47 bits per heavy atom. The first-order chi connectivity index (χ1) is 8.02. The van der Waals surface area contributed by atoms with Gasteiger partial charge in [0.1, 0.15) is 11.9 Å². The van der Waals surface area contributed by atoms with Gasteiger partial charge in [-0.05, 0) is 50.0 Å². The lowest BCUT2D eigenvalue weighted by molar-refractivity contribution is -0.105. The van der Waals surface area contributed by atoms with Gasteiger partial charge in [-0.15, -0.1) is 0 Å². The van der Waals surface area contributed by atoms with Crippen molar-refractivity contribution in [3.8, 4) is 0 Å². The predicted molar refractivity (Wildman–Crippen MR) is 66.7 cm³/mol. The third kappa shape index (κ3) is 1.40. The van der Waals surface area contributed by atoms with E-state index in [0.717, 1.165) is 24.7 Å². The lowest BCUT2D eigenvalue weighted by atomic mass is 9.60. The number of hydrogen-bond acceptors (Lipinski definition) is 2. The van der Waals surface area contributed by atoms with E-state index in [2.05, 4.69) is 26.8 Å². The van der Waals surface area contributed by atoms with E-state index >= 15 is 0 Å². The number of hydrogen-bond donors (Lipinski definition) is 0.